The molecule has 35 heavy (non-hydrogen) atoms. The molecule has 184 valence electrons. The van der Waals surface area contributed by atoms with Gasteiger partial charge in [-0.2, -0.15) is 0 Å². The van der Waals surface area contributed by atoms with Crippen LogP contribution in [0.5, 0.6) is 17.2 Å². The maximum Gasteiger partial charge on any atom is 0.286 e. The van der Waals surface area contributed by atoms with Gasteiger partial charge in [-0.25, -0.2) is 4.98 Å². The predicted octanol–water partition coefficient (Wildman–Crippen LogP) is 3.70. The number of nitro groups is 1. The topological polar surface area (TPSA) is 107 Å². The number of thiazole rings is 1. The van der Waals surface area contributed by atoms with Crippen molar-refractivity contribution in [1.29, 1.82) is 0 Å². The zero-order chi connectivity index (χ0) is 24.9. The van der Waals surface area contributed by atoms with Crippen LogP contribution in [-0.4, -0.2) is 73.1 Å². The number of carbonyl (C=O) groups is 1. The summed E-state index contributed by atoms with van der Waals surface area (Å²) in [6.07, 6.45) is 0. The summed E-state index contributed by atoms with van der Waals surface area (Å²) in [7, 11) is 4.46. The van der Waals surface area contributed by atoms with Crippen molar-refractivity contribution in [3.63, 3.8) is 0 Å². The average molecular weight is 499 g/mol. The Kier molecular flexibility index (Phi) is 7.47. The van der Waals surface area contributed by atoms with Crippen LogP contribution < -0.4 is 14.2 Å². The monoisotopic (exact) mass is 498 g/mol. The number of nitrogens with zero attached hydrogens (tertiary/aromatic N) is 4. The van der Waals surface area contributed by atoms with Gasteiger partial charge in [0.05, 0.1) is 44.6 Å². The fraction of sp³-hybridized carbons (Fsp3) is 0.333. The van der Waals surface area contributed by atoms with Crippen molar-refractivity contribution in [2.45, 2.75) is 6.54 Å². The molecule has 0 radical (unpaired) electrons. The van der Waals surface area contributed by atoms with E-state index in [1.54, 1.807) is 23.3 Å². The highest BCUT2D eigenvalue weighted by molar-refractivity contribution is 7.09. The molecule has 1 amide bonds. The lowest BCUT2D eigenvalue weighted by Crippen LogP contribution is -2.48. The number of piperazine rings is 1. The van der Waals surface area contributed by atoms with E-state index in [-0.39, 0.29) is 22.7 Å². The van der Waals surface area contributed by atoms with Crippen molar-refractivity contribution in [3.05, 3.63) is 62.5 Å². The number of hydrogen-bond donors (Lipinski definition) is 0. The van der Waals surface area contributed by atoms with Gasteiger partial charge < -0.3 is 19.1 Å². The van der Waals surface area contributed by atoms with E-state index < -0.39 is 10.8 Å². The molecule has 1 fully saturated rings. The minimum Gasteiger partial charge on any atom is -0.497 e. The summed E-state index contributed by atoms with van der Waals surface area (Å²) in [5.41, 5.74) is 1.59. The Labute approximate surface area is 206 Å². The summed E-state index contributed by atoms with van der Waals surface area (Å²) in [5.74, 6) is 0.868. The predicted molar refractivity (Wildman–Crippen MR) is 131 cm³/mol. The number of methoxy groups -OCH3 is 3. The molecule has 0 atom stereocenters. The van der Waals surface area contributed by atoms with Gasteiger partial charge in [-0.15, -0.1) is 11.3 Å². The summed E-state index contributed by atoms with van der Waals surface area (Å²) in [5, 5.41) is 14.6. The summed E-state index contributed by atoms with van der Waals surface area (Å²) < 4.78 is 15.7. The van der Waals surface area contributed by atoms with E-state index in [1.807, 2.05) is 29.6 Å². The zero-order valence-electron chi connectivity index (χ0n) is 19.7. The molecule has 0 spiro atoms. The van der Waals surface area contributed by atoms with Gasteiger partial charge in [0.1, 0.15) is 16.3 Å². The molecule has 0 N–H and O–H groups in total. The second kappa shape index (κ2) is 10.7. The first-order chi connectivity index (χ1) is 16.9. The second-order valence-corrected chi connectivity index (χ2v) is 8.85. The maximum absolute atomic E-state index is 13.2. The van der Waals surface area contributed by atoms with E-state index in [0.29, 0.717) is 32.7 Å². The highest BCUT2D eigenvalue weighted by Crippen LogP contribution is 2.35. The second-order valence-electron chi connectivity index (χ2n) is 7.91. The van der Waals surface area contributed by atoms with Crippen molar-refractivity contribution in [3.8, 4) is 28.5 Å². The van der Waals surface area contributed by atoms with Crippen LogP contribution in [0.1, 0.15) is 15.4 Å². The Morgan fingerprint density at radius 3 is 2.43 bits per heavy atom. The summed E-state index contributed by atoms with van der Waals surface area (Å²) >= 11 is 1.59. The lowest BCUT2D eigenvalue weighted by molar-refractivity contribution is -0.385. The number of hydrogen-bond acceptors (Lipinski definition) is 9. The molecule has 0 bridgehead atoms. The van der Waals surface area contributed by atoms with Gasteiger partial charge in [0, 0.05) is 43.2 Å². The van der Waals surface area contributed by atoms with E-state index >= 15 is 0 Å². The highest BCUT2D eigenvalue weighted by Gasteiger charge is 2.30. The molecule has 1 aliphatic rings. The fourth-order valence-electron chi connectivity index (χ4n) is 3.96. The van der Waals surface area contributed by atoms with Crippen molar-refractivity contribution < 1.29 is 23.9 Å². The summed E-state index contributed by atoms with van der Waals surface area (Å²) in [4.78, 5) is 32.8. The van der Waals surface area contributed by atoms with Gasteiger partial charge in [0.15, 0.2) is 11.5 Å². The van der Waals surface area contributed by atoms with Crippen molar-refractivity contribution >= 4 is 22.9 Å². The van der Waals surface area contributed by atoms with E-state index in [4.69, 9.17) is 19.2 Å². The van der Waals surface area contributed by atoms with Gasteiger partial charge in [0.2, 0.25) is 0 Å². The molecule has 4 rings (SSSR count). The molecule has 0 unspecified atom stereocenters. The van der Waals surface area contributed by atoms with Crippen LogP contribution in [0, 0.1) is 10.1 Å². The molecule has 10 nitrogen and oxygen atoms in total. The Bertz CT molecular complexity index is 1220. The van der Waals surface area contributed by atoms with Gasteiger partial charge in [0.25, 0.3) is 11.6 Å². The first kappa shape index (κ1) is 24.4. The average Bonchev–Trinajstić information content (AvgIpc) is 3.36. The Morgan fingerprint density at radius 1 is 1.06 bits per heavy atom. The summed E-state index contributed by atoms with van der Waals surface area (Å²) in [6, 6.07) is 10.4. The molecule has 1 aliphatic heterocycles. The number of benzene rings is 2. The third kappa shape index (κ3) is 5.36. The Hall–Kier alpha value is -3.70. The van der Waals surface area contributed by atoms with Crippen LogP contribution in [0.15, 0.2) is 41.8 Å². The minimum atomic E-state index is -0.576. The molecule has 1 saturated heterocycles. The zero-order valence-corrected chi connectivity index (χ0v) is 20.5. The Morgan fingerprint density at radius 2 is 1.77 bits per heavy atom. The van der Waals surface area contributed by atoms with Gasteiger partial charge >= 0.3 is 0 Å². The van der Waals surface area contributed by atoms with Crippen LogP contribution >= 0.6 is 11.3 Å². The molecular weight excluding hydrogens is 472 g/mol. The van der Waals surface area contributed by atoms with Crippen LogP contribution in [0.4, 0.5) is 5.69 Å². The van der Waals surface area contributed by atoms with Gasteiger partial charge in [-0.3, -0.25) is 19.8 Å². The SMILES string of the molecule is COc1cccc(-c2csc(CN3CCN(C(=O)c4cc(OC)c(OC)cc4[N+](=O)[O-])CC3)n2)c1. The first-order valence-corrected chi connectivity index (χ1v) is 11.8. The third-order valence-electron chi connectivity index (χ3n) is 5.86. The first-order valence-electron chi connectivity index (χ1n) is 10.9. The molecule has 0 aliphatic carbocycles. The number of rotatable bonds is 8. The molecule has 11 heteroatoms. The largest absolute Gasteiger partial charge is 0.497 e. The number of aromatic nitrogens is 1. The smallest absolute Gasteiger partial charge is 0.286 e. The molecule has 3 aromatic rings. The van der Waals surface area contributed by atoms with Crippen LogP contribution in [0.2, 0.25) is 0 Å². The number of amides is 1. The molecule has 2 heterocycles. The molecular formula is C24H26N4O6S. The van der Waals surface area contributed by atoms with Gasteiger partial charge in [-0.1, -0.05) is 12.1 Å². The lowest BCUT2D eigenvalue weighted by atomic mass is 10.1. The van der Waals surface area contributed by atoms with Crippen molar-refractivity contribution in [2.75, 3.05) is 47.5 Å². The van der Waals surface area contributed by atoms with Gasteiger partial charge in [-0.05, 0) is 12.1 Å². The quantitative estimate of drug-likeness (QED) is 0.342. The minimum absolute atomic E-state index is 0.0102. The maximum atomic E-state index is 13.2. The van der Waals surface area contributed by atoms with Crippen LogP contribution in [0.25, 0.3) is 11.3 Å². The van der Waals surface area contributed by atoms with Crippen molar-refractivity contribution in [1.82, 2.24) is 14.8 Å². The molecule has 1 aromatic heterocycles. The van der Waals surface area contributed by atoms with E-state index in [1.165, 1.54) is 26.4 Å². The van der Waals surface area contributed by atoms with Crippen LogP contribution in [0.3, 0.4) is 0 Å². The van der Waals surface area contributed by atoms with Crippen LogP contribution in [-0.2, 0) is 6.54 Å². The Balaban J connectivity index is 1.41. The fourth-order valence-corrected chi connectivity index (χ4v) is 4.80. The number of carbonyl (C=O) groups excluding carboxylic acids is 1. The third-order valence-corrected chi connectivity index (χ3v) is 6.70. The van der Waals surface area contributed by atoms with E-state index in [2.05, 4.69) is 4.90 Å². The highest BCUT2D eigenvalue weighted by atomic mass is 32.1. The standard InChI is InChI=1S/C24H26N4O6S/c1-32-17-6-4-5-16(11-17)19-15-35-23(25-19)14-26-7-9-27(10-8-26)24(29)18-12-21(33-2)22(34-3)13-20(18)28(30)31/h4-6,11-13,15H,7-10,14H2,1-3H3. The van der Waals surface area contributed by atoms with E-state index in [0.717, 1.165) is 22.0 Å². The molecule has 2 aromatic carbocycles. The normalized spacial score (nSPS) is 14.0. The summed E-state index contributed by atoms with van der Waals surface area (Å²) in [6.45, 7) is 2.87. The number of ether oxygens (including phenoxy) is 3. The lowest BCUT2D eigenvalue weighted by Gasteiger charge is -2.34. The van der Waals surface area contributed by atoms with Crippen molar-refractivity contribution in [2.24, 2.45) is 0 Å². The molecule has 0 saturated carbocycles. The number of nitro benzene ring substituents is 1. The van der Waals surface area contributed by atoms with E-state index in [9.17, 15) is 14.9 Å².